The van der Waals surface area contributed by atoms with Gasteiger partial charge in [-0.3, -0.25) is 4.79 Å². The van der Waals surface area contributed by atoms with E-state index in [0.29, 0.717) is 6.54 Å². The first kappa shape index (κ1) is 13.0. The molecule has 0 aliphatic rings. The van der Waals surface area contributed by atoms with Crippen molar-refractivity contribution in [1.29, 1.82) is 0 Å². The summed E-state index contributed by atoms with van der Waals surface area (Å²) in [6, 6.07) is 8.48. The Bertz CT molecular complexity index is 381. The Kier molecular flexibility index (Phi) is 4.96. The zero-order valence-electron chi connectivity index (χ0n) is 9.26. The molecule has 6 heteroatoms. The van der Waals surface area contributed by atoms with Crippen molar-refractivity contribution in [1.82, 2.24) is 5.32 Å². The van der Waals surface area contributed by atoms with Gasteiger partial charge < -0.3 is 21.5 Å². The van der Waals surface area contributed by atoms with Crippen molar-refractivity contribution in [3.05, 3.63) is 35.9 Å². The van der Waals surface area contributed by atoms with E-state index >= 15 is 0 Å². The number of primary amides is 1. The van der Waals surface area contributed by atoms with E-state index in [1.54, 1.807) is 0 Å². The van der Waals surface area contributed by atoms with Gasteiger partial charge in [-0.15, -0.1) is 0 Å². The highest BCUT2D eigenvalue weighted by molar-refractivity contribution is 5.81. The van der Waals surface area contributed by atoms with Crippen molar-refractivity contribution in [3.8, 4) is 0 Å². The maximum Gasteiger partial charge on any atom is 0.404 e. The van der Waals surface area contributed by atoms with Crippen LogP contribution in [-0.4, -0.2) is 24.6 Å². The molecule has 1 aromatic rings. The molecule has 0 aliphatic heterocycles. The Morgan fingerprint density at radius 2 is 1.94 bits per heavy atom. The lowest BCUT2D eigenvalue weighted by Crippen LogP contribution is -2.44. The minimum absolute atomic E-state index is 0.226. The van der Waals surface area contributed by atoms with Gasteiger partial charge in [0.15, 0.2) is 0 Å². The maximum atomic E-state index is 11.5. The first-order chi connectivity index (χ1) is 8.09. The van der Waals surface area contributed by atoms with E-state index in [4.69, 9.17) is 11.5 Å². The van der Waals surface area contributed by atoms with Gasteiger partial charge in [-0.05, 0) is 5.56 Å². The second-order valence-corrected chi connectivity index (χ2v) is 3.44. The number of nitrogens with one attached hydrogen (secondary N) is 1. The van der Waals surface area contributed by atoms with Crippen LogP contribution in [0, 0.1) is 0 Å². The molecule has 1 atom stereocenters. The second kappa shape index (κ2) is 6.49. The average molecular weight is 237 g/mol. The Morgan fingerprint density at radius 3 is 2.53 bits per heavy atom. The summed E-state index contributed by atoms with van der Waals surface area (Å²) in [7, 11) is 0. The third-order valence-corrected chi connectivity index (χ3v) is 2.05. The number of benzene rings is 1. The molecule has 92 valence electrons. The van der Waals surface area contributed by atoms with Crippen LogP contribution >= 0.6 is 0 Å². The van der Waals surface area contributed by atoms with Crippen molar-refractivity contribution in [2.75, 3.05) is 6.61 Å². The molecule has 0 heterocycles. The smallest absolute Gasteiger partial charge is 0.404 e. The van der Waals surface area contributed by atoms with Gasteiger partial charge in [0.1, 0.15) is 12.6 Å². The maximum absolute atomic E-state index is 11.5. The minimum Gasteiger partial charge on any atom is -0.447 e. The molecule has 0 fully saturated rings. The monoisotopic (exact) mass is 237 g/mol. The summed E-state index contributed by atoms with van der Waals surface area (Å²) in [5, 5.41) is 2.63. The van der Waals surface area contributed by atoms with Crippen LogP contribution in [0.25, 0.3) is 0 Å². The summed E-state index contributed by atoms with van der Waals surface area (Å²) in [5.41, 5.74) is 11.2. The molecule has 0 radical (unpaired) electrons. The number of ether oxygens (including phenoxy) is 1. The van der Waals surface area contributed by atoms with Crippen LogP contribution in [0.2, 0.25) is 0 Å². The van der Waals surface area contributed by atoms with Gasteiger partial charge in [-0.1, -0.05) is 30.3 Å². The summed E-state index contributed by atoms with van der Waals surface area (Å²) < 4.78 is 4.43. The van der Waals surface area contributed by atoms with Crippen LogP contribution in [0.4, 0.5) is 4.79 Å². The van der Waals surface area contributed by atoms with Crippen molar-refractivity contribution >= 4 is 12.0 Å². The minimum atomic E-state index is -0.948. The highest BCUT2D eigenvalue weighted by Gasteiger charge is 2.14. The largest absolute Gasteiger partial charge is 0.447 e. The molecule has 0 aromatic heterocycles. The SMILES string of the molecule is NC(=O)OC[C@H](N)C(=O)NCc1ccccc1. The fourth-order valence-electron chi connectivity index (χ4n) is 1.16. The number of hydrogen-bond donors (Lipinski definition) is 3. The fraction of sp³-hybridized carbons (Fsp3) is 0.273. The predicted molar refractivity (Wildman–Crippen MR) is 61.8 cm³/mol. The zero-order chi connectivity index (χ0) is 12.7. The molecule has 6 nitrogen and oxygen atoms in total. The Balaban J connectivity index is 2.32. The zero-order valence-corrected chi connectivity index (χ0v) is 9.26. The molecule has 0 saturated heterocycles. The molecule has 0 spiro atoms. The first-order valence-corrected chi connectivity index (χ1v) is 5.09. The van der Waals surface area contributed by atoms with Crippen LogP contribution in [0.5, 0.6) is 0 Å². The summed E-state index contributed by atoms with van der Waals surface area (Å²) in [6.07, 6.45) is -0.948. The Labute approximate surface area is 98.9 Å². The Hall–Kier alpha value is -2.08. The van der Waals surface area contributed by atoms with Gasteiger partial charge in [0.25, 0.3) is 0 Å². The van der Waals surface area contributed by atoms with Gasteiger partial charge in [-0.2, -0.15) is 0 Å². The van der Waals surface area contributed by atoms with E-state index in [0.717, 1.165) is 5.56 Å². The summed E-state index contributed by atoms with van der Waals surface area (Å²) in [4.78, 5) is 21.8. The quantitative estimate of drug-likeness (QED) is 0.654. The average Bonchev–Trinajstić information content (AvgIpc) is 2.34. The molecule has 1 rings (SSSR count). The van der Waals surface area contributed by atoms with Crippen molar-refractivity contribution < 1.29 is 14.3 Å². The number of carbonyl (C=O) groups is 2. The topological polar surface area (TPSA) is 107 Å². The van der Waals surface area contributed by atoms with Crippen LogP contribution < -0.4 is 16.8 Å². The molecule has 1 aromatic carbocycles. The lowest BCUT2D eigenvalue weighted by atomic mass is 10.2. The van der Waals surface area contributed by atoms with Gasteiger partial charge in [0.05, 0.1) is 0 Å². The molecular weight excluding hydrogens is 222 g/mol. The van der Waals surface area contributed by atoms with E-state index < -0.39 is 18.0 Å². The van der Waals surface area contributed by atoms with Crippen molar-refractivity contribution in [2.45, 2.75) is 12.6 Å². The molecule has 2 amide bonds. The standard InChI is InChI=1S/C11H15N3O3/c12-9(7-17-11(13)16)10(15)14-6-8-4-2-1-3-5-8/h1-5,9H,6-7,12H2,(H2,13,16)(H,14,15)/t9-/m0/s1. The molecule has 5 N–H and O–H groups in total. The number of carbonyl (C=O) groups excluding carboxylic acids is 2. The second-order valence-electron chi connectivity index (χ2n) is 3.44. The lowest BCUT2D eigenvalue weighted by Gasteiger charge is -2.11. The van der Waals surface area contributed by atoms with Crippen molar-refractivity contribution in [2.24, 2.45) is 11.5 Å². The van der Waals surface area contributed by atoms with Crippen LogP contribution in [0.1, 0.15) is 5.56 Å². The van der Waals surface area contributed by atoms with E-state index in [2.05, 4.69) is 10.1 Å². The fourth-order valence-corrected chi connectivity index (χ4v) is 1.16. The molecule has 0 saturated carbocycles. The van der Waals surface area contributed by atoms with Gasteiger partial charge in [0.2, 0.25) is 5.91 Å². The van der Waals surface area contributed by atoms with Crippen LogP contribution in [-0.2, 0) is 16.1 Å². The number of hydrogen-bond acceptors (Lipinski definition) is 4. The predicted octanol–water partition coefficient (Wildman–Crippen LogP) is -0.275. The highest BCUT2D eigenvalue weighted by atomic mass is 16.5. The summed E-state index contributed by atoms with van der Waals surface area (Å²) in [5.74, 6) is -0.393. The summed E-state index contributed by atoms with van der Waals surface area (Å²) in [6.45, 7) is 0.153. The molecule has 0 unspecified atom stereocenters. The Morgan fingerprint density at radius 1 is 1.29 bits per heavy atom. The summed E-state index contributed by atoms with van der Waals surface area (Å²) >= 11 is 0. The molecular formula is C11H15N3O3. The third-order valence-electron chi connectivity index (χ3n) is 2.05. The lowest BCUT2D eigenvalue weighted by molar-refractivity contribution is -0.123. The normalized spacial score (nSPS) is 11.6. The van der Waals surface area contributed by atoms with E-state index in [9.17, 15) is 9.59 Å². The van der Waals surface area contributed by atoms with E-state index in [-0.39, 0.29) is 6.61 Å². The van der Waals surface area contributed by atoms with E-state index in [1.165, 1.54) is 0 Å². The third kappa shape index (κ3) is 4.98. The first-order valence-electron chi connectivity index (χ1n) is 5.09. The molecule has 0 aliphatic carbocycles. The number of nitrogens with two attached hydrogens (primary N) is 2. The number of rotatable bonds is 5. The molecule has 17 heavy (non-hydrogen) atoms. The highest BCUT2D eigenvalue weighted by Crippen LogP contribution is 1.97. The van der Waals surface area contributed by atoms with Gasteiger partial charge in [-0.25, -0.2) is 4.79 Å². The number of amides is 2. The van der Waals surface area contributed by atoms with Crippen LogP contribution in [0.15, 0.2) is 30.3 Å². The molecule has 0 bridgehead atoms. The van der Waals surface area contributed by atoms with Crippen molar-refractivity contribution in [3.63, 3.8) is 0 Å². The van der Waals surface area contributed by atoms with Gasteiger partial charge in [0, 0.05) is 6.54 Å². The van der Waals surface area contributed by atoms with E-state index in [1.807, 2.05) is 30.3 Å². The van der Waals surface area contributed by atoms with Gasteiger partial charge >= 0.3 is 6.09 Å². The van der Waals surface area contributed by atoms with Crippen LogP contribution in [0.3, 0.4) is 0 Å².